The highest BCUT2D eigenvalue weighted by molar-refractivity contribution is 7.25. The number of carbonyl (C=O) groups excluding carboxylic acids is 1. The van der Waals surface area contributed by atoms with Gasteiger partial charge in [0.05, 0.1) is 5.54 Å². The first kappa shape index (κ1) is 16.6. The fourth-order valence-corrected chi connectivity index (χ4v) is 4.68. The number of carbonyl (C=O) groups is 1. The molecule has 1 fully saturated rings. The lowest BCUT2D eigenvalue weighted by molar-refractivity contribution is -0.125. The number of fused-ring (bicyclic) bond motifs is 3. The van der Waals surface area contributed by atoms with Crippen molar-refractivity contribution in [2.75, 3.05) is 13.6 Å². The van der Waals surface area contributed by atoms with Crippen LogP contribution in [0.25, 0.3) is 20.2 Å². The second kappa shape index (κ2) is 5.86. The van der Waals surface area contributed by atoms with E-state index >= 15 is 0 Å². The molecule has 1 amide bonds. The standard InChI is InChI=1S/C21H19N3OS/c1-4-5-13-6-8-17-15(10-13)16-11-14(7-9-18(16)26-17)21(2)12-24(3)20(25)19(22)23-21/h6-11H,12H2,1-3H3,(H2,22,23)/t21-/m0/s1. The number of amides is 1. The summed E-state index contributed by atoms with van der Waals surface area (Å²) >= 11 is 1.77. The largest absolute Gasteiger partial charge is 0.355 e. The molecule has 1 atom stereocenters. The Bertz CT molecular complexity index is 1130. The van der Waals surface area contributed by atoms with Gasteiger partial charge in [-0.15, -0.1) is 17.3 Å². The highest BCUT2D eigenvalue weighted by atomic mass is 32.1. The second-order valence-electron chi connectivity index (χ2n) is 6.89. The molecule has 2 aromatic carbocycles. The number of hydrogen-bond acceptors (Lipinski definition) is 3. The fourth-order valence-electron chi connectivity index (χ4n) is 3.61. The molecule has 1 aromatic heterocycles. The molecular weight excluding hydrogens is 342 g/mol. The number of likely N-dealkylation sites (N-methyl/N-ethyl adjacent to an activating group) is 1. The molecule has 4 nitrogen and oxygen atoms in total. The van der Waals surface area contributed by atoms with Gasteiger partial charge in [-0.25, -0.2) is 0 Å². The summed E-state index contributed by atoms with van der Waals surface area (Å²) in [4.78, 5) is 13.5. The third-order valence-electron chi connectivity index (χ3n) is 4.89. The molecule has 0 saturated carbocycles. The summed E-state index contributed by atoms with van der Waals surface area (Å²) in [6, 6.07) is 12.7. The molecule has 2 heterocycles. The Balaban J connectivity index is 1.87. The van der Waals surface area contributed by atoms with E-state index in [1.165, 1.54) is 20.2 Å². The van der Waals surface area contributed by atoms with Crippen LogP contribution in [0, 0.1) is 17.3 Å². The average molecular weight is 361 g/mol. The third-order valence-corrected chi connectivity index (χ3v) is 6.04. The Labute approximate surface area is 156 Å². The number of hydrogen-bond donors (Lipinski definition) is 2. The zero-order chi connectivity index (χ0) is 18.5. The number of nitrogens with one attached hydrogen (secondary N) is 2. The molecule has 0 radical (unpaired) electrons. The molecule has 0 spiro atoms. The average Bonchev–Trinajstić information content (AvgIpc) is 2.97. The molecular formula is C21H19N3OS. The smallest absolute Gasteiger partial charge is 0.288 e. The first-order valence-corrected chi connectivity index (χ1v) is 9.25. The van der Waals surface area contributed by atoms with E-state index < -0.39 is 5.54 Å². The van der Waals surface area contributed by atoms with Crippen molar-refractivity contribution < 1.29 is 4.79 Å². The monoisotopic (exact) mass is 361 g/mol. The Morgan fingerprint density at radius 3 is 2.58 bits per heavy atom. The van der Waals surface area contributed by atoms with Crippen LogP contribution in [0.15, 0.2) is 36.4 Å². The summed E-state index contributed by atoms with van der Waals surface area (Å²) < 4.78 is 2.46. The molecule has 0 bridgehead atoms. The normalized spacial score (nSPS) is 20.2. The van der Waals surface area contributed by atoms with Crippen LogP contribution in [0.4, 0.5) is 0 Å². The van der Waals surface area contributed by atoms with E-state index in [2.05, 4.69) is 53.6 Å². The number of rotatable bonds is 1. The molecule has 26 heavy (non-hydrogen) atoms. The summed E-state index contributed by atoms with van der Waals surface area (Å²) in [6.45, 7) is 4.40. The van der Waals surface area contributed by atoms with Crippen molar-refractivity contribution in [2.24, 2.45) is 0 Å². The van der Waals surface area contributed by atoms with Gasteiger partial charge in [-0.1, -0.05) is 12.0 Å². The van der Waals surface area contributed by atoms with Gasteiger partial charge in [0.15, 0.2) is 5.84 Å². The van der Waals surface area contributed by atoms with Gasteiger partial charge < -0.3 is 10.2 Å². The van der Waals surface area contributed by atoms with Crippen molar-refractivity contribution in [3.05, 3.63) is 47.5 Å². The molecule has 1 aliphatic rings. The highest BCUT2D eigenvalue weighted by Crippen LogP contribution is 2.37. The summed E-state index contributed by atoms with van der Waals surface area (Å²) in [6.07, 6.45) is 0. The number of amidine groups is 1. The van der Waals surface area contributed by atoms with Gasteiger partial charge in [-0.3, -0.25) is 10.2 Å². The zero-order valence-corrected chi connectivity index (χ0v) is 15.8. The van der Waals surface area contributed by atoms with E-state index in [0.717, 1.165) is 11.1 Å². The molecule has 0 aliphatic carbocycles. The molecule has 0 unspecified atom stereocenters. The molecule has 5 heteroatoms. The lowest BCUT2D eigenvalue weighted by Gasteiger charge is -2.40. The van der Waals surface area contributed by atoms with E-state index in [-0.39, 0.29) is 11.7 Å². The predicted octanol–water partition coefficient (Wildman–Crippen LogP) is 3.68. The first-order valence-electron chi connectivity index (χ1n) is 8.43. The lowest BCUT2D eigenvalue weighted by Crippen LogP contribution is -2.61. The predicted molar refractivity (Wildman–Crippen MR) is 108 cm³/mol. The van der Waals surface area contributed by atoms with E-state index in [1.54, 1.807) is 23.3 Å². The van der Waals surface area contributed by atoms with Gasteiger partial charge in [0, 0.05) is 39.3 Å². The third kappa shape index (κ3) is 2.54. The number of benzene rings is 2. The van der Waals surface area contributed by atoms with E-state index in [0.29, 0.717) is 6.54 Å². The van der Waals surface area contributed by atoms with Gasteiger partial charge in [0.2, 0.25) is 0 Å². The molecule has 4 rings (SSSR count). The summed E-state index contributed by atoms with van der Waals surface area (Å²) in [5.74, 6) is 5.75. The molecule has 2 N–H and O–H groups in total. The number of nitrogens with zero attached hydrogens (tertiary/aromatic N) is 1. The van der Waals surface area contributed by atoms with E-state index in [9.17, 15) is 4.79 Å². The van der Waals surface area contributed by atoms with Crippen LogP contribution < -0.4 is 5.32 Å². The summed E-state index contributed by atoms with van der Waals surface area (Å²) in [5.41, 5.74) is 1.60. The maximum absolute atomic E-state index is 11.9. The van der Waals surface area contributed by atoms with Gasteiger partial charge >= 0.3 is 0 Å². The summed E-state index contributed by atoms with van der Waals surface area (Å²) in [5, 5.41) is 13.4. The zero-order valence-electron chi connectivity index (χ0n) is 14.9. The van der Waals surface area contributed by atoms with Crippen molar-refractivity contribution in [3.63, 3.8) is 0 Å². The van der Waals surface area contributed by atoms with Crippen LogP contribution in [0.3, 0.4) is 0 Å². The topological polar surface area (TPSA) is 56.2 Å². The van der Waals surface area contributed by atoms with E-state index in [4.69, 9.17) is 5.41 Å². The maximum atomic E-state index is 11.9. The minimum atomic E-state index is -0.483. The van der Waals surface area contributed by atoms with Crippen LogP contribution in [0.2, 0.25) is 0 Å². The molecule has 1 saturated heterocycles. The molecule has 130 valence electrons. The molecule has 1 aliphatic heterocycles. The van der Waals surface area contributed by atoms with E-state index in [1.807, 2.05) is 13.8 Å². The van der Waals surface area contributed by atoms with Crippen LogP contribution >= 0.6 is 11.3 Å². The van der Waals surface area contributed by atoms with Crippen molar-refractivity contribution in [3.8, 4) is 11.8 Å². The van der Waals surface area contributed by atoms with Gasteiger partial charge in [0.1, 0.15) is 0 Å². The number of thiophene rings is 1. The first-order chi connectivity index (χ1) is 12.4. The second-order valence-corrected chi connectivity index (χ2v) is 7.98. The molecule has 3 aromatic rings. The van der Waals surface area contributed by atoms with Crippen molar-refractivity contribution in [2.45, 2.75) is 19.4 Å². The van der Waals surface area contributed by atoms with Crippen LogP contribution in [-0.4, -0.2) is 30.2 Å². The minimum absolute atomic E-state index is 0.0583. The minimum Gasteiger partial charge on any atom is -0.355 e. The Hall–Kier alpha value is -2.84. The number of piperazine rings is 1. The fraction of sp³-hybridized carbons (Fsp3) is 0.238. The Morgan fingerprint density at radius 2 is 1.88 bits per heavy atom. The van der Waals surface area contributed by atoms with Crippen molar-refractivity contribution in [1.82, 2.24) is 10.2 Å². The van der Waals surface area contributed by atoms with Gasteiger partial charge in [-0.05, 0) is 49.7 Å². The summed E-state index contributed by atoms with van der Waals surface area (Å²) in [7, 11) is 1.74. The van der Waals surface area contributed by atoms with Crippen LogP contribution in [-0.2, 0) is 10.3 Å². The van der Waals surface area contributed by atoms with Crippen molar-refractivity contribution >= 4 is 43.3 Å². The lowest BCUT2D eigenvalue weighted by atomic mass is 9.88. The maximum Gasteiger partial charge on any atom is 0.288 e. The Kier molecular flexibility index (Phi) is 3.74. The van der Waals surface area contributed by atoms with Gasteiger partial charge in [-0.2, -0.15) is 0 Å². The van der Waals surface area contributed by atoms with Crippen LogP contribution in [0.1, 0.15) is 25.0 Å². The van der Waals surface area contributed by atoms with Crippen LogP contribution in [0.5, 0.6) is 0 Å². The SMILES string of the molecule is CC#Cc1ccc2sc3ccc([C@]4(C)CN(C)C(=O)C(=N)N4)cc3c2c1. The highest BCUT2D eigenvalue weighted by Gasteiger charge is 2.37. The quantitative estimate of drug-likeness (QED) is 0.650. The van der Waals surface area contributed by atoms with Crippen molar-refractivity contribution in [1.29, 1.82) is 5.41 Å². The Morgan fingerprint density at radius 1 is 1.19 bits per heavy atom. The van der Waals surface area contributed by atoms with Gasteiger partial charge in [0.25, 0.3) is 5.91 Å².